The lowest BCUT2D eigenvalue weighted by Gasteiger charge is -2.00. The number of aryl methyl sites for hydroxylation is 1. The van der Waals surface area contributed by atoms with Crippen molar-refractivity contribution in [1.82, 2.24) is 20.1 Å². The van der Waals surface area contributed by atoms with Crippen LogP contribution in [0.1, 0.15) is 5.82 Å². The maximum Gasteiger partial charge on any atom is 0.133 e. The van der Waals surface area contributed by atoms with Crippen LogP contribution in [-0.4, -0.2) is 34.5 Å². The highest BCUT2D eigenvalue weighted by Gasteiger charge is 1.98. The Morgan fingerprint density at radius 2 is 2.42 bits per heavy atom. The van der Waals surface area contributed by atoms with Crippen LogP contribution < -0.4 is 5.32 Å². The zero-order chi connectivity index (χ0) is 8.81. The molecule has 1 N–H and O–H groups in total. The van der Waals surface area contributed by atoms with Gasteiger partial charge in [0.1, 0.15) is 18.8 Å². The van der Waals surface area contributed by atoms with Crippen molar-refractivity contribution in [1.29, 1.82) is 0 Å². The van der Waals surface area contributed by atoms with Crippen molar-refractivity contribution in [2.75, 3.05) is 19.8 Å². The third-order valence-electron chi connectivity index (χ3n) is 1.60. The average Bonchev–Trinajstić information content (AvgIpc) is 2.46. The number of halogens is 1. The largest absolute Gasteiger partial charge is 0.321 e. The van der Waals surface area contributed by atoms with Crippen molar-refractivity contribution in [2.24, 2.45) is 7.05 Å². The summed E-state index contributed by atoms with van der Waals surface area (Å²) in [4.78, 5) is 0. The Hall–Kier alpha value is -0.970. The summed E-state index contributed by atoms with van der Waals surface area (Å²) in [6.07, 6.45) is 2.45. The summed E-state index contributed by atoms with van der Waals surface area (Å²) < 4.78 is 13.5. The highest BCUT2D eigenvalue weighted by Crippen LogP contribution is 1.90. The van der Waals surface area contributed by atoms with E-state index in [1.54, 1.807) is 6.33 Å². The number of nitrogens with zero attached hydrogens (tertiary/aromatic N) is 3. The first-order chi connectivity index (χ1) is 5.84. The summed E-state index contributed by atoms with van der Waals surface area (Å²) in [7, 11) is 1.89. The molecule has 0 spiro atoms. The van der Waals surface area contributed by atoms with Crippen LogP contribution in [0.3, 0.4) is 0 Å². The predicted octanol–water partition coefficient (Wildman–Crippen LogP) is -0.0833. The van der Waals surface area contributed by atoms with Gasteiger partial charge in [0.05, 0.1) is 0 Å². The van der Waals surface area contributed by atoms with E-state index < -0.39 is 0 Å². The summed E-state index contributed by atoms with van der Waals surface area (Å²) >= 11 is 0. The molecule has 0 unspecified atom stereocenters. The summed E-state index contributed by atoms with van der Waals surface area (Å²) in [5.41, 5.74) is 0. The monoisotopic (exact) mass is 172 g/mol. The van der Waals surface area contributed by atoms with Crippen LogP contribution in [0.5, 0.6) is 0 Å². The van der Waals surface area contributed by atoms with Gasteiger partial charge in [0.25, 0.3) is 0 Å². The Morgan fingerprint density at radius 1 is 1.58 bits per heavy atom. The predicted molar refractivity (Wildman–Crippen MR) is 43.6 cm³/mol. The molecule has 1 rings (SSSR count). The first-order valence-corrected chi connectivity index (χ1v) is 3.94. The Labute approximate surface area is 70.8 Å². The lowest BCUT2D eigenvalue weighted by molar-refractivity contribution is 0.466. The first-order valence-electron chi connectivity index (χ1n) is 3.94. The second kappa shape index (κ2) is 4.82. The van der Waals surface area contributed by atoms with E-state index in [2.05, 4.69) is 15.5 Å². The molecular formula is C7H13FN4. The van der Waals surface area contributed by atoms with E-state index in [1.807, 2.05) is 11.6 Å². The maximum atomic E-state index is 11.6. The molecule has 1 aromatic heterocycles. The van der Waals surface area contributed by atoms with Gasteiger partial charge in [-0.05, 0) is 0 Å². The highest BCUT2D eigenvalue weighted by atomic mass is 19.1. The number of aromatic nitrogens is 3. The lowest BCUT2D eigenvalue weighted by atomic mass is 10.4. The van der Waals surface area contributed by atoms with Gasteiger partial charge in [0.2, 0.25) is 0 Å². The molecule has 5 heteroatoms. The lowest BCUT2D eigenvalue weighted by Crippen LogP contribution is -2.20. The number of alkyl halides is 1. The molecule has 68 valence electrons. The summed E-state index contributed by atoms with van der Waals surface area (Å²) in [6.45, 7) is 0.840. The van der Waals surface area contributed by atoms with Gasteiger partial charge in [-0.1, -0.05) is 0 Å². The number of hydrogen-bond acceptors (Lipinski definition) is 3. The minimum absolute atomic E-state index is 0.321. The molecule has 0 amide bonds. The highest BCUT2D eigenvalue weighted by molar-refractivity contribution is 4.84. The van der Waals surface area contributed by atoms with Gasteiger partial charge in [-0.25, -0.2) is 4.39 Å². The van der Waals surface area contributed by atoms with Gasteiger partial charge in [0, 0.05) is 26.6 Å². The number of rotatable bonds is 5. The normalized spacial score (nSPS) is 10.5. The molecule has 0 saturated heterocycles. The second-order valence-electron chi connectivity index (χ2n) is 2.55. The quantitative estimate of drug-likeness (QED) is 0.631. The molecule has 0 atom stereocenters. The molecular weight excluding hydrogens is 159 g/mol. The Kier molecular flexibility index (Phi) is 3.66. The fourth-order valence-electron chi connectivity index (χ4n) is 0.925. The summed E-state index contributed by atoms with van der Waals surface area (Å²) in [6, 6.07) is 0. The minimum Gasteiger partial charge on any atom is -0.321 e. The van der Waals surface area contributed by atoms with E-state index in [-0.39, 0.29) is 6.67 Å². The molecule has 4 nitrogen and oxygen atoms in total. The van der Waals surface area contributed by atoms with E-state index in [1.165, 1.54) is 0 Å². The standard InChI is InChI=1S/C7H13FN4/c1-12-6-10-11-7(12)2-4-9-5-3-8/h6,9H,2-5H2,1H3. The van der Waals surface area contributed by atoms with Crippen LogP contribution >= 0.6 is 0 Å². The van der Waals surface area contributed by atoms with Crippen molar-refractivity contribution in [3.63, 3.8) is 0 Å². The molecule has 0 saturated carbocycles. The third-order valence-corrected chi connectivity index (χ3v) is 1.60. The Balaban J connectivity index is 2.20. The second-order valence-corrected chi connectivity index (χ2v) is 2.55. The van der Waals surface area contributed by atoms with E-state index in [0.29, 0.717) is 6.54 Å². The van der Waals surface area contributed by atoms with Gasteiger partial charge >= 0.3 is 0 Å². The zero-order valence-electron chi connectivity index (χ0n) is 7.13. The van der Waals surface area contributed by atoms with Crippen LogP contribution in [0.25, 0.3) is 0 Å². The van der Waals surface area contributed by atoms with E-state index in [4.69, 9.17) is 0 Å². The van der Waals surface area contributed by atoms with E-state index in [9.17, 15) is 4.39 Å². The molecule has 0 fully saturated rings. The topological polar surface area (TPSA) is 42.7 Å². The van der Waals surface area contributed by atoms with Gasteiger partial charge in [-0.15, -0.1) is 10.2 Å². The first kappa shape index (κ1) is 9.12. The van der Waals surface area contributed by atoms with Crippen molar-refractivity contribution >= 4 is 0 Å². The zero-order valence-corrected chi connectivity index (χ0v) is 7.13. The molecule has 12 heavy (non-hydrogen) atoms. The average molecular weight is 172 g/mol. The SMILES string of the molecule is Cn1cnnc1CCNCCF. The van der Waals surface area contributed by atoms with Gasteiger partial charge in [-0.2, -0.15) is 0 Å². The Bertz CT molecular complexity index is 223. The smallest absolute Gasteiger partial charge is 0.133 e. The molecule has 1 aromatic rings. The van der Waals surface area contributed by atoms with Crippen LogP contribution in [0.15, 0.2) is 6.33 Å². The van der Waals surface area contributed by atoms with Crippen molar-refractivity contribution in [2.45, 2.75) is 6.42 Å². The van der Waals surface area contributed by atoms with Crippen molar-refractivity contribution < 1.29 is 4.39 Å². The number of hydrogen-bond donors (Lipinski definition) is 1. The molecule has 0 aromatic carbocycles. The summed E-state index contributed by atoms with van der Waals surface area (Å²) in [5, 5.41) is 10.6. The van der Waals surface area contributed by atoms with Crippen LogP contribution in [0.2, 0.25) is 0 Å². The molecule has 0 bridgehead atoms. The van der Waals surface area contributed by atoms with Crippen LogP contribution in [-0.2, 0) is 13.5 Å². The third kappa shape index (κ3) is 2.58. The molecule has 0 aliphatic rings. The summed E-state index contributed by atoms with van der Waals surface area (Å²) in [5.74, 6) is 0.918. The molecule has 0 aliphatic carbocycles. The number of nitrogens with one attached hydrogen (secondary N) is 1. The van der Waals surface area contributed by atoms with Gasteiger partial charge in [-0.3, -0.25) is 0 Å². The van der Waals surface area contributed by atoms with Gasteiger partial charge < -0.3 is 9.88 Å². The van der Waals surface area contributed by atoms with Crippen molar-refractivity contribution in [3.8, 4) is 0 Å². The van der Waals surface area contributed by atoms with Gasteiger partial charge in [0.15, 0.2) is 0 Å². The molecule has 0 radical (unpaired) electrons. The van der Waals surface area contributed by atoms with Crippen LogP contribution in [0, 0.1) is 0 Å². The minimum atomic E-state index is -0.321. The van der Waals surface area contributed by atoms with E-state index in [0.717, 1.165) is 18.8 Å². The molecule has 0 aliphatic heterocycles. The maximum absolute atomic E-state index is 11.6. The van der Waals surface area contributed by atoms with E-state index >= 15 is 0 Å². The molecule has 1 heterocycles. The fourth-order valence-corrected chi connectivity index (χ4v) is 0.925. The fraction of sp³-hybridized carbons (Fsp3) is 0.714. The Morgan fingerprint density at radius 3 is 3.00 bits per heavy atom. The van der Waals surface area contributed by atoms with Crippen molar-refractivity contribution in [3.05, 3.63) is 12.2 Å². The van der Waals surface area contributed by atoms with Crippen LogP contribution in [0.4, 0.5) is 4.39 Å².